The number of hydrogen-bond donors (Lipinski definition) is 1. The normalized spacial score (nSPS) is 11.5. The summed E-state index contributed by atoms with van der Waals surface area (Å²) in [6.07, 6.45) is 0.469. The molecule has 0 saturated carbocycles. The Labute approximate surface area is 171 Å². The number of hydrogen-bond acceptors (Lipinski definition) is 3. The maximum atomic E-state index is 13.9. The van der Waals surface area contributed by atoms with E-state index in [1.54, 1.807) is 12.1 Å². The van der Waals surface area contributed by atoms with Gasteiger partial charge in [0.25, 0.3) is 0 Å². The number of nitrogens with one attached hydrogen (secondary N) is 1. The number of rotatable bonds is 6. The number of nitrogens with zero attached hydrogens (tertiary/aromatic N) is 1. The van der Waals surface area contributed by atoms with Gasteiger partial charge in [-0.15, -0.1) is 0 Å². The van der Waals surface area contributed by atoms with Crippen molar-refractivity contribution < 1.29 is 17.9 Å². The second-order valence-electron chi connectivity index (χ2n) is 7.24. The van der Waals surface area contributed by atoms with Gasteiger partial charge in [-0.05, 0) is 48.4 Å². The monoisotopic (exact) mass is 416 g/mol. The summed E-state index contributed by atoms with van der Waals surface area (Å²) >= 11 is 6.15. The van der Waals surface area contributed by atoms with Crippen LogP contribution in [0.1, 0.15) is 25.2 Å². The summed E-state index contributed by atoms with van der Waals surface area (Å²) in [4.78, 5) is 7.07. The molecule has 4 nitrogen and oxygen atoms in total. The molecule has 0 amide bonds. The van der Waals surface area contributed by atoms with Gasteiger partial charge in [-0.2, -0.15) is 0 Å². The lowest BCUT2D eigenvalue weighted by atomic mass is 10.1. The Balaban J connectivity index is 1.60. The van der Waals surface area contributed by atoms with E-state index >= 15 is 0 Å². The van der Waals surface area contributed by atoms with E-state index < -0.39 is 11.6 Å². The average molecular weight is 417 g/mol. The number of fused-ring (bicyclic) bond motifs is 1. The summed E-state index contributed by atoms with van der Waals surface area (Å²) in [5.74, 6) is 0.695. The molecule has 2 heterocycles. The molecule has 0 atom stereocenters. The lowest BCUT2D eigenvalue weighted by Crippen LogP contribution is -2.06. The molecule has 150 valence electrons. The van der Waals surface area contributed by atoms with Crippen LogP contribution in [0.3, 0.4) is 0 Å². The molecule has 7 heteroatoms. The van der Waals surface area contributed by atoms with Crippen molar-refractivity contribution in [3.8, 4) is 17.3 Å². The van der Waals surface area contributed by atoms with Crippen LogP contribution in [-0.4, -0.2) is 16.6 Å². The number of imidazole rings is 1. The van der Waals surface area contributed by atoms with Crippen molar-refractivity contribution in [2.24, 2.45) is 5.92 Å². The molecule has 0 spiro atoms. The minimum absolute atomic E-state index is 0.0113. The molecule has 0 aliphatic heterocycles. The van der Waals surface area contributed by atoms with Gasteiger partial charge in [0.1, 0.15) is 17.0 Å². The zero-order valence-corrected chi connectivity index (χ0v) is 16.7. The number of furan rings is 1. The fourth-order valence-electron chi connectivity index (χ4n) is 3.01. The molecule has 0 radical (unpaired) electrons. The molecule has 0 aliphatic carbocycles. The van der Waals surface area contributed by atoms with E-state index in [2.05, 4.69) is 23.8 Å². The van der Waals surface area contributed by atoms with Crippen LogP contribution in [0.15, 0.2) is 46.9 Å². The Morgan fingerprint density at radius 3 is 2.76 bits per heavy atom. The first-order valence-electron chi connectivity index (χ1n) is 9.24. The lowest BCUT2D eigenvalue weighted by Gasteiger charge is -2.13. The van der Waals surface area contributed by atoms with Gasteiger partial charge >= 0.3 is 0 Å². The summed E-state index contributed by atoms with van der Waals surface area (Å²) in [7, 11) is 0. The quantitative estimate of drug-likeness (QED) is 0.396. The van der Waals surface area contributed by atoms with Crippen molar-refractivity contribution in [1.29, 1.82) is 0 Å². The molecule has 0 saturated heterocycles. The highest BCUT2D eigenvalue weighted by molar-refractivity contribution is 6.30. The molecule has 0 unspecified atom stereocenters. The molecule has 1 N–H and O–H groups in total. The first-order chi connectivity index (χ1) is 13.9. The Morgan fingerprint density at radius 2 is 1.97 bits per heavy atom. The van der Waals surface area contributed by atoms with Gasteiger partial charge in [-0.25, -0.2) is 13.8 Å². The van der Waals surface area contributed by atoms with Gasteiger partial charge < -0.3 is 14.1 Å². The Hall–Kier alpha value is -2.86. The fourth-order valence-corrected chi connectivity index (χ4v) is 3.20. The van der Waals surface area contributed by atoms with Crippen molar-refractivity contribution in [3.63, 3.8) is 0 Å². The van der Waals surface area contributed by atoms with E-state index in [4.69, 9.17) is 20.8 Å². The molecule has 2 aromatic carbocycles. The van der Waals surface area contributed by atoms with Gasteiger partial charge in [0, 0.05) is 17.0 Å². The Morgan fingerprint density at radius 1 is 1.14 bits per heavy atom. The minimum Gasteiger partial charge on any atom is -0.493 e. The third-order valence-corrected chi connectivity index (χ3v) is 4.64. The van der Waals surface area contributed by atoms with Crippen LogP contribution in [-0.2, 0) is 6.42 Å². The number of H-pyrrole nitrogens is 1. The molecule has 2 aromatic heterocycles. The van der Waals surface area contributed by atoms with E-state index in [9.17, 15) is 8.78 Å². The Kier molecular flexibility index (Phi) is 5.28. The first kappa shape index (κ1) is 19.5. The third kappa shape index (κ3) is 4.12. The molecule has 0 bridgehead atoms. The van der Waals surface area contributed by atoms with Crippen molar-refractivity contribution in [2.45, 2.75) is 20.3 Å². The molecule has 0 fully saturated rings. The van der Waals surface area contributed by atoms with Gasteiger partial charge in [0.2, 0.25) is 0 Å². The first-order valence-corrected chi connectivity index (χ1v) is 9.62. The van der Waals surface area contributed by atoms with Crippen molar-refractivity contribution >= 4 is 22.6 Å². The number of ether oxygens (including phenoxy) is 1. The van der Waals surface area contributed by atoms with Crippen LogP contribution in [0.5, 0.6) is 5.75 Å². The van der Waals surface area contributed by atoms with Crippen molar-refractivity contribution in [2.75, 3.05) is 6.61 Å². The second kappa shape index (κ2) is 7.87. The molecule has 4 rings (SSSR count). The maximum absolute atomic E-state index is 13.9. The van der Waals surface area contributed by atoms with Crippen LogP contribution in [0, 0.1) is 17.6 Å². The zero-order chi connectivity index (χ0) is 20.5. The fraction of sp³-hybridized carbons (Fsp3) is 0.227. The number of halogens is 3. The Bertz CT molecular complexity index is 1170. The SMILES string of the molecule is CC(C)COc1ccc(Cl)cc1Cc1ccc(-c2nc3ccc(F)c(F)c3[nH]2)o1. The van der Waals surface area contributed by atoms with Crippen LogP contribution < -0.4 is 4.74 Å². The van der Waals surface area contributed by atoms with Gasteiger partial charge in [-0.1, -0.05) is 25.4 Å². The molecule has 29 heavy (non-hydrogen) atoms. The largest absolute Gasteiger partial charge is 0.493 e. The number of benzene rings is 2. The highest BCUT2D eigenvalue weighted by Crippen LogP contribution is 2.29. The van der Waals surface area contributed by atoms with Crippen LogP contribution in [0.25, 0.3) is 22.6 Å². The predicted octanol–water partition coefficient (Wildman–Crippen LogP) is 6.38. The van der Waals surface area contributed by atoms with Crippen LogP contribution in [0.4, 0.5) is 8.78 Å². The summed E-state index contributed by atoms with van der Waals surface area (Å²) < 4.78 is 39.1. The summed E-state index contributed by atoms with van der Waals surface area (Å²) in [6.45, 7) is 4.76. The van der Waals surface area contributed by atoms with E-state index in [0.717, 1.165) is 17.4 Å². The van der Waals surface area contributed by atoms with Crippen LogP contribution in [0.2, 0.25) is 5.02 Å². The van der Waals surface area contributed by atoms with Crippen molar-refractivity contribution in [3.05, 3.63) is 70.4 Å². The molecule has 4 aromatic rings. The third-order valence-electron chi connectivity index (χ3n) is 4.40. The number of aromatic amines is 1. The lowest BCUT2D eigenvalue weighted by molar-refractivity contribution is 0.268. The van der Waals surface area contributed by atoms with Crippen LogP contribution >= 0.6 is 11.6 Å². The number of aromatic nitrogens is 2. The zero-order valence-electron chi connectivity index (χ0n) is 15.9. The minimum atomic E-state index is -0.959. The summed E-state index contributed by atoms with van der Waals surface area (Å²) in [5, 5.41) is 0.610. The molecule has 0 aliphatic rings. The molecular formula is C22H19ClF2N2O2. The van der Waals surface area contributed by atoms with E-state index in [1.807, 2.05) is 18.2 Å². The smallest absolute Gasteiger partial charge is 0.184 e. The van der Waals surface area contributed by atoms with E-state index in [1.165, 1.54) is 6.07 Å². The standard InChI is InChI=1S/C22H19ClF2N2O2/c1-12(2)11-28-18-7-3-14(23)9-13(18)10-15-4-8-19(29-15)22-26-17-6-5-16(24)20(25)21(17)27-22/h3-9,12H,10-11H2,1-2H3,(H,26,27). The topological polar surface area (TPSA) is 51.0 Å². The van der Waals surface area contributed by atoms with Gasteiger partial charge in [-0.3, -0.25) is 0 Å². The highest BCUT2D eigenvalue weighted by Gasteiger charge is 2.16. The molecular weight excluding hydrogens is 398 g/mol. The predicted molar refractivity (Wildman–Crippen MR) is 108 cm³/mol. The second-order valence-corrected chi connectivity index (χ2v) is 7.68. The van der Waals surface area contributed by atoms with E-state index in [-0.39, 0.29) is 5.52 Å². The summed E-state index contributed by atoms with van der Waals surface area (Å²) in [6, 6.07) is 11.5. The van der Waals surface area contributed by atoms with E-state index in [0.29, 0.717) is 46.8 Å². The average Bonchev–Trinajstić information content (AvgIpc) is 3.31. The van der Waals surface area contributed by atoms with Gasteiger partial charge in [0.15, 0.2) is 23.2 Å². The highest BCUT2D eigenvalue weighted by atomic mass is 35.5. The van der Waals surface area contributed by atoms with Gasteiger partial charge in [0.05, 0.1) is 12.1 Å². The maximum Gasteiger partial charge on any atom is 0.184 e. The van der Waals surface area contributed by atoms with Crippen molar-refractivity contribution in [1.82, 2.24) is 9.97 Å². The summed E-state index contributed by atoms with van der Waals surface area (Å²) in [5.41, 5.74) is 1.24.